The number of aryl methyl sites for hydroxylation is 2. The molecule has 1 aliphatic heterocycles. The van der Waals surface area contributed by atoms with Crippen molar-refractivity contribution in [3.8, 4) is 0 Å². The molecular formula is C19H27N5O4. The normalized spacial score (nSPS) is 17.4. The Morgan fingerprint density at radius 1 is 1.21 bits per heavy atom. The topological polar surface area (TPSA) is 84.7 Å². The van der Waals surface area contributed by atoms with Crippen LogP contribution in [0.4, 0.5) is 0 Å². The molecule has 1 fully saturated rings. The molecule has 0 amide bonds. The van der Waals surface area contributed by atoms with E-state index in [1.54, 1.807) is 7.05 Å². The molecule has 9 heteroatoms. The van der Waals surface area contributed by atoms with E-state index in [-0.39, 0.29) is 23.9 Å². The van der Waals surface area contributed by atoms with Crippen molar-refractivity contribution in [2.24, 2.45) is 7.05 Å². The molecule has 3 aromatic heterocycles. The van der Waals surface area contributed by atoms with Crippen LogP contribution in [-0.2, 0) is 29.6 Å². The molecule has 4 heterocycles. The number of hydrogen-bond donors (Lipinski definition) is 0. The van der Waals surface area contributed by atoms with Gasteiger partial charge in [-0.3, -0.25) is 18.3 Å². The number of nitrogens with zero attached hydrogens (tertiary/aromatic N) is 5. The minimum absolute atomic E-state index is 0.154. The Bertz CT molecular complexity index is 1140. The van der Waals surface area contributed by atoms with E-state index in [1.807, 2.05) is 25.2 Å². The van der Waals surface area contributed by atoms with Gasteiger partial charge in [0.05, 0.1) is 25.8 Å². The fraction of sp³-hybridized carbons (Fsp3) is 0.632. The first-order valence-corrected chi connectivity index (χ1v) is 9.82. The van der Waals surface area contributed by atoms with E-state index in [0.717, 1.165) is 30.8 Å². The number of rotatable bonds is 6. The van der Waals surface area contributed by atoms with Gasteiger partial charge in [0.15, 0.2) is 11.2 Å². The Morgan fingerprint density at radius 2 is 2.00 bits per heavy atom. The van der Waals surface area contributed by atoms with E-state index in [9.17, 15) is 9.59 Å². The first kappa shape index (κ1) is 18.9. The summed E-state index contributed by atoms with van der Waals surface area (Å²) in [5, 5.41) is 0. The number of ether oxygens (including phenoxy) is 2. The summed E-state index contributed by atoms with van der Waals surface area (Å²) in [6.45, 7) is 8.44. The Morgan fingerprint density at radius 3 is 2.68 bits per heavy atom. The van der Waals surface area contributed by atoms with Crippen LogP contribution in [0.3, 0.4) is 0 Å². The lowest BCUT2D eigenvalue weighted by Gasteiger charge is -2.12. The van der Waals surface area contributed by atoms with Crippen molar-refractivity contribution in [3.05, 3.63) is 32.2 Å². The highest BCUT2D eigenvalue weighted by Crippen LogP contribution is 2.23. The van der Waals surface area contributed by atoms with Crippen LogP contribution in [0.5, 0.6) is 0 Å². The zero-order valence-corrected chi connectivity index (χ0v) is 16.9. The van der Waals surface area contributed by atoms with Crippen molar-refractivity contribution in [1.82, 2.24) is 23.1 Å². The SMILES string of the molecule is CCOCCn1c(=O)c2c(nc3n(C[C@H]4CCCO4)c(C)c(C)n23)n(C)c1=O. The van der Waals surface area contributed by atoms with Crippen LogP contribution >= 0.6 is 0 Å². The quantitative estimate of drug-likeness (QED) is 0.587. The summed E-state index contributed by atoms with van der Waals surface area (Å²) in [4.78, 5) is 30.6. The van der Waals surface area contributed by atoms with Gasteiger partial charge in [0, 0.05) is 31.6 Å². The highest BCUT2D eigenvalue weighted by Gasteiger charge is 2.25. The molecule has 0 N–H and O–H groups in total. The van der Waals surface area contributed by atoms with Crippen molar-refractivity contribution >= 4 is 16.9 Å². The lowest BCUT2D eigenvalue weighted by molar-refractivity contribution is 0.0974. The van der Waals surface area contributed by atoms with Gasteiger partial charge >= 0.3 is 5.69 Å². The van der Waals surface area contributed by atoms with E-state index in [2.05, 4.69) is 9.55 Å². The summed E-state index contributed by atoms with van der Waals surface area (Å²) in [5.74, 6) is 0.676. The summed E-state index contributed by atoms with van der Waals surface area (Å²) in [7, 11) is 1.65. The van der Waals surface area contributed by atoms with Crippen LogP contribution in [0, 0.1) is 13.8 Å². The Balaban J connectivity index is 1.94. The van der Waals surface area contributed by atoms with Gasteiger partial charge in [0.25, 0.3) is 5.56 Å². The van der Waals surface area contributed by atoms with Crippen molar-refractivity contribution < 1.29 is 9.47 Å². The standard InChI is InChI=1S/C19H27N5O4/c1-5-27-10-8-22-17(25)15-16(21(4)19(22)26)20-18-23(11-14-7-6-9-28-14)12(2)13(3)24(15)18/h14H,5-11H2,1-4H3/t14-/m1/s1. The fourth-order valence-corrected chi connectivity index (χ4v) is 4.02. The molecule has 0 aromatic carbocycles. The average Bonchev–Trinajstić information content (AvgIpc) is 3.37. The molecule has 0 radical (unpaired) electrons. The molecule has 28 heavy (non-hydrogen) atoms. The van der Waals surface area contributed by atoms with Crippen LogP contribution in [0.2, 0.25) is 0 Å². The second kappa shape index (κ2) is 7.21. The summed E-state index contributed by atoms with van der Waals surface area (Å²) >= 11 is 0. The highest BCUT2D eigenvalue weighted by molar-refractivity contribution is 5.76. The van der Waals surface area contributed by atoms with E-state index < -0.39 is 0 Å². The zero-order chi connectivity index (χ0) is 20.0. The molecule has 1 saturated heterocycles. The van der Waals surface area contributed by atoms with Gasteiger partial charge in [-0.15, -0.1) is 0 Å². The highest BCUT2D eigenvalue weighted by atomic mass is 16.5. The molecule has 0 bridgehead atoms. The van der Waals surface area contributed by atoms with Crippen LogP contribution in [0.15, 0.2) is 9.59 Å². The maximum Gasteiger partial charge on any atom is 0.332 e. The Kier molecular flexibility index (Phi) is 4.88. The molecule has 0 saturated carbocycles. The van der Waals surface area contributed by atoms with Crippen LogP contribution < -0.4 is 11.2 Å². The molecule has 1 atom stereocenters. The molecule has 152 valence electrons. The number of aromatic nitrogens is 5. The minimum atomic E-state index is -0.377. The van der Waals surface area contributed by atoms with Crippen molar-refractivity contribution in [3.63, 3.8) is 0 Å². The molecule has 9 nitrogen and oxygen atoms in total. The lowest BCUT2D eigenvalue weighted by Crippen LogP contribution is -2.40. The van der Waals surface area contributed by atoms with Crippen LogP contribution in [0.1, 0.15) is 31.2 Å². The van der Waals surface area contributed by atoms with Crippen LogP contribution in [0.25, 0.3) is 16.9 Å². The summed E-state index contributed by atoms with van der Waals surface area (Å²) in [5.41, 5.74) is 2.12. The molecule has 0 aliphatic carbocycles. The maximum atomic E-state index is 13.2. The lowest BCUT2D eigenvalue weighted by atomic mass is 10.2. The predicted molar refractivity (Wildman–Crippen MR) is 105 cm³/mol. The van der Waals surface area contributed by atoms with Crippen LogP contribution in [-0.4, -0.2) is 49.0 Å². The molecule has 4 rings (SSSR count). The summed E-state index contributed by atoms with van der Waals surface area (Å²) in [6.07, 6.45) is 2.24. The Hall–Kier alpha value is -2.39. The first-order chi connectivity index (χ1) is 13.5. The van der Waals surface area contributed by atoms with Crippen molar-refractivity contribution in [2.75, 3.05) is 19.8 Å². The molecular weight excluding hydrogens is 362 g/mol. The smallest absolute Gasteiger partial charge is 0.332 e. The van der Waals surface area contributed by atoms with Gasteiger partial charge in [-0.1, -0.05) is 0 Å². The third kappa shape index (κ3) is 2.80. The van der Waals surface area contributed by atoms with Gasteiger partial charge < -0.3 is 14.0 Å². The number of fused-ring (bicyclic) bond motifs is 3. The second-order valence-corrected chi connectivity index (χ2v) is 7.33. The first-order valence-electron chi connectivity index (χ1n) is 9.82. The summed E-state index contributed by atoms with van der Waals surface area (Å²) in [6, 6.07) is 0. The van der Waals surface area contributed by atoms with Gasteiger partial charge in [0.2, 0.25) is 5.78 Å². The van der Waals surface area contributed by atoms with E-state index in [1.165, 1.54) is 9.13 Å². The van der Waals surface area contributed by atoms with E-state index in [0.29, 0.717) is 36.7 Å². The second-order valence-electron chi connectivity index (χ2n) is 7.33. The van der Waals surface area contributed by atoms with Gasteiger partial charge in [-0.2, -0.15) is 4.98 Å². The predicted octanol–water partition coefficient (Wildman–Crippen LogP) is 0.982. The monoisotopic (exact) mass is 389 g/mol. The van der Waals surface area contributed by atoms with Crippen molar-refractivity contribution in [2.45, 2.75) is 52.8 Å². The summed E-state index contributed by atoms with van der Waals surface area (Å²) < 4.78 is 17.8. The van der Waals surface area contributed by atoms with E-state index in [4.69, 9.17) is 9.47 Å². The fourth-order valence-electron chi connectivity index (χ4n) is 4.02. The molecule has 0 unspecified atom stereocenters. The third-order valence-electron chi connectivity index (χ3n) is 5.70. The van der Waals surface area contributed by atoms with Gasteiger partial charge in [-0.25, -0.2) is 4.79 Å². The number of imidazole rings is 2. The Labute approximate surface area is 162 Å². The number of hydrogen-bond acceptors (Lipinski definition) is 5. The largest absolute Gasteiger partial charge is 0.380 e. The third-order valence-corrected chi connectivity index (χ3v) is 5.70. The van der Waals surface area contributed by atoms with Gasteiger partial charge in [-0.05, 0) is 33.6 Å². The molecule has 1 aliphatic rings. The van der Waals surface area contributed by atoms with Crippen molar-refractivity contribution in [1.29, 1.82) is 0 Å². The van der Waals surface area contributed by atoms with Gasteiger partial charge in [0.1, 0.15) is 0 Å². The maximum absolute atomic E-state index is 13.2. The van der Waals surface area contributed by atoms with E-state index >= 15 is 0 Å². The average molecular weight is 389 g/mol. The minimum Gasteiger partial charge on any atom is -0.380 e. The molecule has 3 aromatic rings. The zero-order valence-electron chi connectivity index (χ0n) is 16.9. The molecule has 0 spiro atoms.